The van der Waals surface area contributed by atoms with Gasteiger partial charge in [-0.2, -0.15) is 0 Å². The number of nitrogens with one attached hydrogen (secondary N) is 1. The number of aryl methyl sites for hydroxylation is 2. The number of benzene rings is 1. The summed E-state index contributed by atoms with van der Waals surface area (Å²) >= 11 is 6.60. The van der Waals surface area contributed by atoms with E-state index in [2.05, 4.69) is 54.2 Å². The molecule has 0 amide bonds. The summed E-state index contributed by atoms with van der Waals surface area (Å²) in [4.78, 5) is 19.6. The average Bonchev–Trinajstić information content (AvgIpc) is 2.95. The second-order valence-electron chi connectivity index (χ2n) is 8.50. The van der Waals surface area contributed by atoms with Crippen LogP contribution in [-0.4, -0.2) is 23.0 Å². The fourth-order valence-corrected chi connectivity index (χ4v) is 3.74. The lowest BCUT2D eigenvalue weighted by atomic mass is 10.0. The van der Waals surface area contributed by atoms with E-state index in [1.165, 1.54) is 18.3 Å². The van der Waals surface area contributed by atoms with Gasteiger partial charge in [-0.3, -0.25) is 0 Å². The second kappa shape index (κ2) is 15.5. The summed E-state index contributed by atoms with van der Waals surface area (Å²) in [5.74, 6) is 0.0477. The number of hydrogen-bond donors (Lipinski definition) is 1. The molecule has 5 nitrogen and oxygen atoms in total. The van der Waals surface area contributed by atoms with Crippen LogP contribution in [0, 0.1) is 13.8 Å². The molecule has 0 atom stereocenters. The summed E-state index contributed by atoms with van der Waals surface area (Å²) in [7, 11) is 1.35. The van der Waals surface area contributed by atoms with Gasteiger partial charge in [-0.15, -0.1) is 0 Å². The highest BCUT2D eigenvalue weighted by atomic mass is 35.5. The summed E-state index contributed by atoms with van der Waals surface area (Å²) in [5.41, 5.74) is 5.65. The minimum Gasteiger partial charge on any atom is -0.465 e. The van der Waals surface area contributed by atoms with Crippen LogP contribution in [-0.2, 0) is 11.2 Å². The van der Waals surface area contributed by atoms with Gasteiger partial charge in [-0.05, 0) is 87.9 Å². The number of ether oxygens (including phenoxy) is 2. The van der Waals surface area contributed by atoms with Crippen LogP contribution in [0.3, 0.4) is 0 Å². The molecule has 0 saturated carbocycles. The van der Waals surface area contributed by atoms with Gasteiger partial charge in [0.2, 0.25) is 0 Å². The number of aromatic amines is 1. The average molecular weight is 521 g/mol. The minimum atomic E-state index is -0.419. The van der Waals surface area contributed by atoms with E-state index in [1.54, 1.807) is 30.5 Å². The molecule has 2 rings (SSSR count). The molecule has 1 heterocycles. The Balaban J connectivity index is 2.27. The summed E-state index contributed by atoms with van der Waals surface area (Å²) in [5, 5.41) is 0.600. The van der Waals surface area contributed by atoms with Crippen LogP contribution in [0.5, 0.6) is 11.8 Å². The second-order valence-corrected chi connectivity index (χ2v) is 8.90. The zero-order valence-electron chi connectivity index (χ0n) is 22.6. The molecule has 0 unspecified atom stereocenters. The molecule has 0 aliphatic rings. The van der Waals surface area contributed by atoms with E-state index in [0.717, 1.165) is 29.7 Å². The lowest BCUT2D eigenvalue weighted by Crippen LogP contribution is -2.04. The molecular weight excluding hydrogens is 484 g/mol. The smallest absolute Gasteiger partial charge is 0.338 e. The van der Waals surface area contributed by atoms with Gasteiger partial charge >= 0.3 is 5.97 Å². The van der Waals surface area contributed by atoms with Crippen molar-refractivity contribution in [1.29, 1.82) is 0 Å². The fraction of sp³-hybridized carbons (Fsp3) is 0.290. The third kappa shape index (κ3) is 9.77. The van der Waals surface area contributed by atoms with E-state index in [9.17, 15) is 4.79 Å². The van der Waals surface area contributed by atoms with Crippen LogP contribution in [0.25, 0.3) is 0 Å². The van der Waals surface area contributed by atoms with Crippen molar-refractivity contribution in [3.05, 3.63) is 112 Å². The van der Waals surface area contributed by atoms with Crippen molar-refractivity contribution in [2.45, 2.75) is 53.9 Å². The molecule has 2 aromatic rings. The van der Waals surface area contributed by atoms with Crippen molar-refractivity contribution >= 4 is 17.6 Å². The van der Waals surface area contributed by atoms with Crippen molar-refractivity contribution in [3.63, 3.8) is 0 Å². The maximum Gasteiger partial charge on any atom is 0.338 e. The highest BCUT2D eigenvalue weighted by molar-refractivity contribution is 6.31. The highest BCUT2D eigenvalue weighted by Crippen LogP contribution is 2.23. The van der Waals surface area contributed by atoms with Gasteiger partial charge in [0.15, 0.2) is 0 Å². The third-order valence-corrected chi connectivity index (χ3v) is 6.06. The van der Waals surface area contributed by atoms with Crippen LogP contribution in [0.1, 0.15) is 60.8 Å². The van der Waals surface area contributed by atoms with Crippen LogP contribution < -0.4 is 4.74 Å². The van der Waals surface area contributed by atoms with Gasteiger partial charge in [0.05, 0.1) is 12.7 Å². The van der Waals surface area contributed by atoms with Gasteiger partial charge in [0, 0.05) is 16.9 Å². The fourth-order valence-electron chi connectivity index (χ4n) is 3.55. The largest absolute Gasteiger partial charge is 0.465 e. The number of carbonyl (C=O) groups is 1. The Hall–Kier alpha value is -3.57. The molecule has 0 aliphatic carbocycles. The topological polar surface area (TPSA) is 64.2 Å². The Morgan fingerprint density at radius 2 is 1.95 bits per heavy atom. The van der Waals surface area contributed by atoms with Crippen molar-refractivity contribution < 1.29 is 14.3 Å². The Labute approximate surface area is 225 Å². The van der Waals surface area contributed by atoms with E-state index in [1.807, 2.05) is 32.9 Å². The van der Waals surface area contributed by atoms with Gasteiger partial charge in [0.1, 0.15) is 5.75 Å². The molecule has 0 saturated heterocycles. The van der Waals surface area contributed by atoms with Crippen LogP contribution in [0.2, 0.25) is 5.02 Å². The zero-order valence-corrected chi connectivity index (χ0v) is 23.4. The molecule has 0 radical (unpaired) electrons. The summed E-state index contributed by atoms with van der Waals surface area (Å²) in [6.45, 7) is 10.0. The van der Waals surface area contributed by atoms with Gasteiger partial charge in [0.25, 0.3) is 6.01 Å². The maximum absolute atomic E-state index is 12.0. The third-order valence-electron chi connectivity index (χ3n) is 5.69. The normalized spacial score (nSPS) is 12.2. The quantitative estimate of drug-likeness (QED) is 0.251. The Morgan fingerprint density at radius 3 is 2.62 bits per heavy atom. The lowest BCUT2D eigenvalue weighted by Gasteiger charge is -2.08. The number of hydrogen-bond acceptors (Lipinski definition) is 4. The lowest BCUT2D eigenvalue weighted by molar-refractivity contribution is 0.0599. The zero-order chi connectivity index (χ0) is 27.2. The first-order chi connectivity index (χ1) is 17.8. The molecular formula is C31H37ClN2O3. The predicted octanol–water partition coefficient (Wildman–Crippen LogP) is 8.73. The molecule has 1 aromatic carbocycles. The Kier molecular flexibility index (Phi) is 12.4. The molecule has 0 spiro atoms. The van der Waals surface area contributed by atoms with E-state index in [4.69, 9.17) is 21.1 Å². The van der Waals surface area contributed by atoms with Crippen LogP contribution in [0.15, 0.2) is 84.1 Å². The van der Waals surface area contributed by atoms with Crippen molar-refractivity contribution in [2.24, 2.45) is 0 Å². The number of rotatable bonds is 10. The SMILES string of the molecule is C/C=C\C=C(\CC)CC(/C=C\Cc1cc(C)[nH]c(Oc2ccc(C)c(C(=O)OC)c2)nccc1Cl)=C/C. The van der Waals surface area contributed by atoms with E-state index in [0.29, 0.717) is 22.8 Å². The number of methoxy groups -OCH3 is 1. The number of carbonyl (C=O) groups excluding carboxylic acids is 1. The molecule has 0 bridgehead atoms. The standard InChI is InChI=1S/C31H37ClN2O3/c1-7-10-12-24(8-2)20-25(9-3)13-11-14-26-19-23(5)34-31(33-18-17-29(26)32)37-27-16-15-22(4)28(21-27)30(35)36-6/h7,9-13,15-19,21H,8,14,20H2,1-6H3,(H,33,34)/b10-7-,13-11-,18-17?,23-19?,24-12-,25-9+,29-26?. The molecule has 0 aliphatic heterocycles. The Morgan fingerprint density at radius 1 is 1.16 bits per heavy atom. The van der Waals surface area contributed by atoms with Gasteiger partial charge < -0.3 is 14.5 Å². The van der Waals surface area contributed by atoms with E-state index < -0.39 is 5.97 Å². The number of allylic oxidation sites excluding steroid dienone is 8. The molecule has 6 heteroatoms. The number of H-pyrrole nitrogens is 1. The summed E-state index contributed by atoms with van der Waals surface area (Å²) < 4.78 is 10.8. The summed E-state index contributed by atoms with van der Waals surface area (Å²) in [6, 6.07) is 9.21. The molecule has 196 valence electrons. The van der Waals surface area contributed by atoms with Gasteiger partial charge in [-0.1, -0.05) is 66.6 Å². The maximum atomic E-state index is 12.0. The van der Waals surface area contributed by atoms with Crippen molar-refractivity contribution in [1.82, 2.24) is 9.97 Å². The molecule has 1 aromatic heterocycles. The number of aromatic nitrogens is 2. The van der Waals surface area contributed by atoms with E-state index in [-0.39, 0.29) is 6.01 Å². The number of nitrogens with zero attached hydrogens (tertiary/aromatic N) is 1. The van der Waals surface area contributed by atoms with E-state index >= 15 is 0 Å². The first kappa shape index (κ1) is 29.7. The first-order valence-corrected chi connectivity index (χ1v) is 12.8. The van der Waals surface area contributed by atoms with Crippen molar-refractivity contribution in [3.8, 4) is 11.8 Å². The highest BCUT2D eigenvalue weighted by Gasteiger charge is 2.11. The molecule has 37 heavy (non-hydrogen) atoms. The van der Waals surface area contributed by atoms with Crippen LogP contribution >= 0.6 is 11.6 Å². The number of halogens is 1. The van der Waals surface area contributed by atoms with Crippen molar-refractivity contribution in [2.75, 3.05) is 7.11 Å². The summed E-state index contributed by atoms with van der Waals surface area (Å²) in [6.07, 6.45) is 16.9. The van der Waals surface area contributed by atoms with Crippen LogP contribution in [0.4, 0.5) is 0 Å². The minimum absolute atomic E-state index is 0.266. The molecule has 1 N–H and O–H groups in total. The molecule has 0 fully saturated rings. The first-order valence-electron chi connectivity index (χ1n) is 12.4. The monoisotopic (exact) mass is 520 g/mol. The van der Waals surface area contributed by atoms with Gasteiger partial charge in [-0.25, -0.2) is 9.78 Å². The predicted molar refractivity (Wildman–Crippen MR) is 153 cm³/mol. The Bertz CT molecular complexity index is 1250. The number of esters is 1.